The summed E-state index contributed by atoms with van der Waals surface area (Å²) in [4.78, 5) is 8.99. The van der Waals surface area contributed by atoms with Crippen molar-refractivity contribution in [2.75, 3.05) is 7.11 Å². The molecule has 0 unspecified atom stereocenters. The summed E-state index contributed by atoms with van der Waals surface area (Å²) in [6, 6.07) is 13.8. The second-order valence-corrected chi connectivity index (χ2v) is 5.13. The Morgan fingerprint density at radius 1 is 1.05 bits per heavy atom. The summed E-state index contributed by atoms with van der Waals surface area (Å²) >= 11 is 6.29. The standard InChI is InChI=1S/C17H15ClN2O/c1-3-11-4-6-12(7-5-11)17-19-15-9-8-13(21-2)10-14(15)16(18)20-17/h4-10H,3H2,1-2H3. The van der Waals surface area contributed by atoms with Crippen molar-refractivity contribution in [1.82, 2.24) is 9.97 Å². The molecule has 0 aliphatic carbocycles. The molecule has 0 saturated heterocycles. The zero-order valence-electron chi connectivity index (χ0n) is 11.9. The summed E-state index contributed by atoms with van der Waals surface area (Å²) in [7, 11) is 1.62. The minimum Gasteiger partial charge on any atom is -0.497 e. The van der Waals surface area contributed by atoms with Gasteiger partial charge in [0.15, 0.2) is 5.82 Å². The van der Waals surface area contributed by atoms with Gasteiger partial charge < -0.3 is 4.74 Å². The van der Waals surface area contributed by atoms with E-state index in [4.69, 9.17) is 16.3 Å². The van der Waals surface area contributed by atoms with Gasteiger partial charge in [-0.2, -0.15) is 0 Å². The summed E-state index contributed by atoms with van der Waals surface area (Å²) in [6.45, 7) is 2.13. The zero-order valence-corrected chi connectivity index (χ0v) is 12.7. The normalized spacial score (nSPS) is 10.8. The molecule has 2 aromatic carbocycles. The maximum absolute atomic E-state index is 6.29. The van der Waals surface area contributed by atoms with Gasteiger partial charge in [-0.3, -0.25) is 0 Å². The lowest BCUT2D eigenvalue weighted by atomic mass is 10.1. The molecule has 3 nitrogen and oxygen atoms in total. The summed E-state index contributed by atoms with van der Waals surface area (Å²) in [6.07, 6.45) is 1.01. The Balaban J connectivity index is 2.11. The number of rotatable bonds is 3. The number of hydrogen-bond acceptors (Lipinski definition) is 3. The van der Waals surface area contributed by atoms with Gasteiger partial charge in [0, 0.05) is 10.9 Å². The minimum absolute atomic E-state index is 0.438. The topological polar surface area (TPSA) is 35.0 Å². The Bertz CT molecular complexity index is 785. The second-order valence-electron chi connectivity index (χ2n) is 4.77. The van der Waals surface area contributed by atoms with E-state index in [9.17, 15) is 0 Å². The van der Waals surface area contributed by atoms with E-state index in [0.29, 0.717) is 11.0 Å². The van der Waals surface area contributed by atoms with Crippen molar-refractivity contribution in [2.45, 2.75) is 13.3 Å². The first-order valence-corrected chi connectivity index (χ1v) is 7.19. The van der Waals surface area contributed by atoms with Gasteiger partial charge in [-0.15, -0.1) is 0 Å². The van der Waals surface area contributed by atoms with Crippen molar-refractivity contribution in [3.05, 3.63) is 53.2 Å². The third-order valence-corrected chi connectivity index (χ3v) is 3.76. The highest BCUT2D eigenvalue weighted by Gasteiger charge is 2.09. The highest BCUT2D eigenvalue weighted by Crippen LogP contribution is 2.27. The lowest BCUT2D eigenvalue weighted by Gasteiger charge is -2.07. The first-order valence-electron chi connectivity index (χ1n) is 6.82. The van der Waals surface area contributed by atoms with Gasteiger partial charge in [0.1, 0.15) is 10.9 Å². The predicted molar refractivity (Wildman–Crippen MR) is 85.9 cm³/mol. The summed E-state index contributed by atoms with van der Waals surface area (Å²) < 4.78 is 5.20. The lowest BCUT2D eigenvalue weighted by Crippen LogP contribution is -1.93. The molecule has 0 atom stereocenters. The van der Waals surface area contributed by atoms with E-state index in [1.54, 1.807) is 7.11 Å². The molecule has 3 aromatic rings. The van der Waals surface area contributed by atoms with Crippen LogP contribution in [0, 0.1) is 0 Å². The Hall–Kier alpha value is -2.13. The van der Waals surface area contributed by atoms with Crippen LogP contribution in [0.4, 0.5) is 0 Å². The molecular weight excluding hydrogens is 284 g/mol. The molecule has 0 radical (unpaired) electrons. The van der Waals surface area contributed by atoms with Gasteiger partial charge in [0.2, 0.25) is 0 Å². The van der Waals surface area contributed by atoms with Crippen LogP contribution in [0.2, 0.25) is 5.15 Å². The number of halogens is 1. The average molecular weight is 299 g/mol. The third kappa shape index (κ3) is 2.69. The van der Waals surface area contributed by atoms with E-state index in [2.05, 4.69) is 29.0 Å². The number of fused-ring (bicyclic) bond motifs is 1. The van der Waals surface area contributed by atoms with E-state index >= 15 is 0 Å². The quantitative estimate of drug-likeness (QED) is 0.667. The highest BCUT2D eigenvalue weighted by atomic mass is 35.5. The van der Waals surface area contributed by atoms with Crippen LogP contribution in [0.1, 0.15) is 12.5 Å². The van der Waals surface area contributed by atoms with E-state index < -0.39 is 0 Å². The molecule has 4 heteroatoms. The first kappa shape index (κ1) is 13.8. The molecular formula is C17H15ClN2O. The molecule has 21 heavy (non-hydrogen) atoms. The van der Waals surface area contributed by atoms with Crippen molar-refractivity contribution in [1.29, 1.82) is 0 Å². The van der Waals surface area contributed by atoms with E-state index in [1.165, 1.54) is 5.56 Å². The Labute approximate surface area is 128 Å². The molecule has 3 rings (SSSR count). The van der Waals surface area contributed by atoms with Crippen molar-refractivity contribution in [3.8, 4) is 17.1 Å². The number of benzene rings is 2. The van der Waals surface area contributed by atoms with Crippen LogP contribution in [0.15, 0.2) is 42.5 Å². The Morgan fingerprint density at radius 2 is 1.81 bits per heavy atom. The van der Waals surface area contributed by atoms with Gasteiger partial charge in [-0.05, 0) is 30.2 Å². The third-order valence-electron chi connectivity index (χ3n) is 3.48. The van der Waals surface area contributed by atoms with Crippen LogP contribution in [-0.2, 0) is 6.42 Å². The molecule has 0 amide bonds. The van der Waals surface area contributed by atoms with Crippen LogP contribution in [0.3, 0.4) is 0 Å². The van der Waals surface area contributed by atoms with Crippen LogP contribution in [0.5, 0.6) is 5.75 Å². The monoisotopic (exact) mass is 298 g/mol. The molecule has 0 fully saturated rings. The first-order chi connectivity index (χ1) is 10.2. The number of hydrogen-bond donors (Lipinski definition) is 0. The SMILES string of the molecule is CCc1ccc(-c2nc(Cl)c3cc(OC)ccc3n2)cc1. The van der Waals surface area contributed by atoms with Gasteiger partial charge >= 0.3 is 0 Å². The molecule has 1 heterocycles. The fourth-order valence-electron chi connectivity index (χ4n) is 2.22. The maximum Gasteiger partial charge on any atom is 0.161 e. The molecule has 0 aliphatic heterocycles. The lowest BCUT2D eigenvalue weighted by molar-refractivity contribution is 0.415. The number of aromatic nitrogens is 2. The Morgan fingerprint density at radius 3 is 2.48 bits per heavy atom. The van der Waals surface area contributed by atoms with E-state index in [1.807, 2.05) is 30.3 Å². The second kappa shape index (κ2) is 5.70. The van der Waals surface area contributed by atoms with Crippen LogP contribution in [0.25, 0.3) is 22.3 Å². The van der Waals surface area contributed by atoms with Crippen molar-refractivity contribution < 1.29 is 4.74 Å². The molecule has 0 aliphatic rings. The number of methoxy groups -OCH3 is 1. The predicted octanol–water partition coefficient (Wildman–Crippen LogP) is 4.52. The fourth-order valence-corrected chi connectivity index (χ4v) is 2.45. The minimum atomic E-state index is 0.438. The van der Waals surface area contributed by atoms with Crippen LogP contribution >= 0.6 is 11.6 Å². The van der Waals surface area contributed by atoms with Crippen molar-refractivity contribution in [2.24, 2.45) is 0 Å². The molecule has 106 valence electrons. The Kier molecular flexibility index (Phi) is 3.76. The van der Waals surface area contributed by atoms with Crippen LogP contribution in [-0.4, -0.2) is 17.1 Å². The van der Waals surface area contributed by atoms with E-state index in [-0.39, 0.29) is 0 Å². The summed E-state index contributed by atoms with van der Waals surface area (Å²) in [5.41, 5.74) is 3.06. The largest absolute Gasteiger partial charge is 0.497 e. The number of ether oxygens (including phenoxy) is 1. The molecule has 0 saturated carbocycles. The summed E-state index contributed by atoms with van der Waals surface area (Å²) in [5.74, 6) is 1.38. The van der Waals surface area contributed by atoms with Gasteiger partial charge in [0.05, 0.1) is 12.6 Å². The fraction of sp³-hybridized carbons (Fsp3) is 0.176. The van der Waals surface area contributed by atoms with Gasteiger partial charge in [-0.1, -0.05) is 42.8 Å². The smallest absolute Gasteiger partial charge is 0.161 e. The average Bonchev–Trinajstić information content (AvgIpc) is 2.54. The van der Waals surface area contributed by atoms with Gasteiger partial charge in [0.25, 0.3) is 0 Å². The molecule has 0 spiro atoms. The van der Waals surface area contributed by atoms with Crippen molar-refractivity contribution >= 4 is 22.5 Å². The van der Waals surface area contributed by atoms with Crippen LogP contribution < -0.4 is 4.74 Å². The molecule has 0 bridgehead atoms. The maximum atomic E-state index is 6.29. The van der Waals surface area contributed by atoms with Gasteiger partial charge in [-0.25, -0.2) is 9.97 Å². The number of aryl methyl sites for hydroxylation is 1. The van der Waals surface area contributed by atoms with Crippen molar-refractivity contribution in [3.63, 3.8) is 0 Å². The zero-order chi connectivity index (χ0) is 14.8. The van der Waals surface area contributed by atoms with E-state index in [0.717, 1.165) is 28.6 Å². The summed E-state index contributed by atoms with van der Waals surface area (Å²) in [5, 5.41) is 1.23. The molecule has 1 aromatic heterocycles. The number of nitrogens with zero attached hydrogens (tertiary/aromatic N) is 2. The highest BCUT2D eigenvalue weighted by molar-refractivity contribution is 6.34. The molecule has 0 N–H and O–H groups in total.